The quantitative estimate of drug-likeness (QED) is 0.631. The molecule has 0 bridgehead atoms. The van der Waals surface area contributed by atoms with Crippen molar-refractivity contribution in [1.29, 1.82) is 0 Å². The van der Waals surface area contributed by atoms with Gasteiger partial charge in [0.15, 0.2) is 5.65 Å². The van der Waals surface area contributed by atoms with Gasteiger partial charge in [0, 0.05) is 5.56 Å². The number of H-pyrrole nitrogens is 1. The first-order chi connectivity index (χ1) is 6.18. The molecule has 0 spiro atoms. The minimum Gasteiger partial charge on any atom is -0.276 e. The van der Waals surface area contributed by atoms with Crippen LogP contribution in [0.25, 0.3) is 11.0 Å². The fraction of sp³-hybridized carbons (Fsp3) is 0. The molecule has 13 heavy (non-hydrogen) atoms. The molecule has 4 nitrogen and oxygen atoms in total. The van der Waals surface area contributed by atoms with E-state index in [1.807, 2.05) is 0 Å². The molecule has 2 rings (SSSR count). The Morgan fingerprint density at radius 3 is 3.08 bits per heavy atom. The Hall–Kier alpha value is -0.940. The number of halogens is 2. The minimum absolute atomic E-state index is 0.396. The number of carbonyl (C=O) groups excluding carboxylic acids is 1. The molecule has 0 unspecified atom stereocenters. The van der Waals surface area contributed by atoms with E-state index in [0.29, 0.717) is 21.2 Å². The summed E-state index contributed by atoms with van der Waals surface area (Å²) in [6, 6.07) is 1.56. The van der Waals surface area contributed by atoms with Crippen LogP contribution < -0.4 is 0 Å². The molecule has 0 fully saturated rings. The van der Waals surface area contributed by atoms with Gasteiger partial charge in [0.25, 0.3) is 5.24 Å². The Morgan fingerprint density at radius 2 is 2.38 bits per heavy atom. The first-order valence-electron chi connectivity index (χ1n) is 3.38. The van der Waals surface area contributed by atoms with E-state index in [9.17, 15) is 4.79 Å². The second kappa shape index (κ2) is 3.08. The summed E-state index contributed by atoms with van der Waals surface area (Å²) >= 11 is 8.55. The van der Waals surface area contributed by atoms with Crippen molar-refractivity contribution in [3.05, 3.63) is 22.4 Å². The average molecular weight is 260 g/mol. The monoisotopic (exact) mass is 259 g/mol. The van der Waals surface area contributed by atoms with Gasteiger partial charge in [-0.15, -0.1) is 0 Å². The Kier molecular flexibility index (Phi) is 2.05. The average Bonchev–Trinajstić information content (AvgIpc) is 2.49. The van der Waals surface area contributed by atoms with Crippen molar-refractivity contribution < 1.29 is 4.79 Å². The molecular weight excluding hydrogens is 257 g/mol. The van der Waals surface area contributed by atoms with Gasteiger partial charge >= 0.3 is 0 Å². The number of hydrogen-bond donors (Lipinski definition) is 1. The largest absolute Gasteiger partial charge is 0.276 e. The molecular formula is C7H3BrClN3O. The second-order valence-electron chi connectivity index (χ2n) is 2.40. The fourth-order valence-corrected chi connectivity index (χ4v) is 1.62. The minimum atomic E-state index is -0.519. The number of aromatic nitrogens is 3. The van der Waals surface area contributed by atoms with Crippen LogP contribution in [0, 0.1) is 0 Å². The summed E-state index contributed by atoms with van der Waals surface area (Å²) in [7, 11) is 0. The first kappa shape index (κ1) is 8.65. The van der Waals surface area contributed by atoms with Crippen LogP contribution >= 0.6 is 27.5 Å². The molecule has 2 aromatic rings. The summed E-state index contributed by atoms with van der Waals surface area (Å²) < 4.78 is 0.549. The van der Waals surface area contributed by atoms with Gasteiger partial charge in [-0.3, -0.25) is 9.89 Å². The number of fused-ring (bicyclic) bond motifs is 1. The molecule has 0 saturated heterocycles. The molecule has 0 radical (unpaired) electrons. The van der Waals surface area contributed by atoms with Crippen molar-refractivity contribution >= 4 is 43.8 Å². The number of carbonyl (C=O) groups is 1. The number of hydrogen-bond acceptors (Lipinski definition) is 3. The third kappa shape index (κ3) is 1.45. The number of nitrogens with one attached hydrogen (secondary N) is 1. The van der Waals surface area contributed by atoms with Gasteiger partial charge < -0.3 is 0 Å². The fourth-order valence-electron chi connectivity index (χ4n) is 1.06. The number of pyridine rings is 1. The van der Waals surface area contributed by atoms with Crippen molar-refractivity contribution in [1.82, 2.24) is 15.2 Å². The number of rotatable bonds is 1. The van der Waals surface area contributed by atoms with Gasteiger partial charge in [0.2, 0.25) is 0 Å². The molecule has 6 heteroatoms. The third-order valence-corrected chi connectivity index (χ3v) is 2.21. The predicted molar refractivity (Wildman–Crippen MR) is 51.8 cm³/mol. The molecule has 0 aromatic carbocycles. The smallest absolute Gasteiger partial charge is 0.253 e. The van der Waals surface area contributed by atoms with Gasteiger partial charge in [-0.05, 0) is 33.6 Å². The van der Waals surface area contributed by atoms with Gasteiger partial charge in [-0.2, -0.15) is 5.10 Å². The molecule has 0 atom stereocenters. The normalized spacial score (nSPS) is 10.6. The Balaban J connectivity index is 2.84. The maximum absolute atomic E-state index is 11.0. The van der Waals surface area contributed by atoms with Crippen LogP contribution in [0.2, 0.25) is 0 Å². The molecule has 0 aliphatic heterocycles. The molecule has 66 valence electrons. The predicted octanol–water partition coefficient (Wildman–Crippen LogP) is 2.10. The van der Waals surface area contributed by atoms with Gasteiger partial charge in [0.1, 0.15) is 4.60 Å². The third-order valence-electron chi connectivity index (χ3n) is 1.60. The van der Waals surface area contributed by atoms with E-state index < -0.39 is 5.24 Å². The summed E-state index contributed by atoms with van der Waals surface area (Å²) in [5.41, 5.74) is 0.936. The summed E-state index contributed by atoms with van der Waals surface area (Å²) in [6.07, 6.45) is 1.52. The highest BCUT2D eigenvalue weighted by Gasteiger charge is 2.10. The number of aromatic amines is 1. The zero-order valence-corrected chi connectivity index (χ0v) is 8.56. The number of nitrogens with zero attached hydrogens (tertiary/aromatic N) is 2. The Morgan fingerprint density at radius 1 is 1.62 bits per heavy atom. The van der Waals surface area contributed by atoms with Crippen molar-refractivity contribution in [2.45, 2.75) is 0 Å². The SMILES string of the molecule is O=C(Cl)c1cc(Br)nc2[nH]ncc12. The highest BCUT2D eigenvalue weighted by Crippen LogP contribution is 2.20. The zero-order valence-electron chi connectivity index (χ0n) is 6.21. The lowest BCUT2D eigenvalue weighted by Crippen LogP contribution is -1.91. The van der Waals surface area contributed by atoms with E-state index in [0.717, 1.165) is 0 Å². The molecule has 0 amide bonds. The summed E-state index contributed by atoms with van der Waals surface area (Å²) in [4.78, 5) is 15.1. The lowest BCUT2D eigenvalue weighted by atomic mass is 10.2. The highest BCUT2D eigenvalue weighted by molar-refractivity contribution is 9.10. The zero-order chi connectivity index (χ0) is 9.42. The topological polar surface area (TPSA) is 58.6 Å². The van der Waals surface area contributed by atoms with E-state index in [4.69, 9.17) is 11.6 Å². The van der Waals surface area contributed by atoms with Crippen LogP contribution in [0.4, 0.5) is 0 Å². The summed E-state index contributed by atoms with van der Waals surface area (Å²) in [5, 5.41) is 6.53. The van der Waals surface area contributed by atoms with Crippen LogP contribution in [0.1, 0.15) is 10.4 Å². The molecule has 2 aromatic heterocycles. The van der Waals surface area contributed by atoms with E-state index in [1.165, 1.54) is 6.20 Å². The lowest BCUT2D eigenvalue weighted by Gasteiger charge is -1.96. The Labute approximate surface area is 86.4 Å². The molecule has 0 saturated carbocycles. The molecule has 0 aliphatic carbocycles. The van der Waals surface area contributed by atoms with Crippen molar-refractivity contribution in [2.75, 3.05) is 0 Å². The molecule has 1 N–H and O–H groups in total. The van der Waals surface area contributed by atoms with Crippen molar-refractivity contribution in [2.24, 2.45) is 0 Å². The van der Waals surface area contributed by atoms with E-state index in [-0.39, 0.29) is 0 Å². The maximum atomic E-state index is 11.0. The standard InChI is InChI=1S/C7H3BrClN3O/c8-5-1-3(6(9)13)4-2-10-12-7(4)11-5/h1-2H,(H,10,11,12). The lowest BCUT2D eigenvalue weighted by molar-refractivity contribution is 0.108. The maximum Gasteiger partial charge on any atom is 0.253 e. The van der Waals surface area contributed by atoms with E-state index >= 15 is 0 Å². The summed E-state index contributed by atoms with van der Waals surface area (Å²) in [6.45, 7) is 0. The first-order valence-corrected chi connectivity index (χ1v) is 4.55. The van der Waals surface area contributed by atoms with Crippen LogP contribution in [0.5, 0.6) is 0 Å². The van der Waals surface area contributed by atoms with Gasteiger partial charge in [-0.25, -0.2) is 4.98 Å². The highest BCUT2D eigenvalue weighted by atomic mass is 79.9. The van der Waals surface area contributed by atoms with Crippen LogP contribution in [0.3, 0.4) is 0 Å². The molecule has 2 heterocycles. The van der Waals surface area contributed by atoms with Crippen molar-refractivity contribution in [3.63, 3.8) is 0 Å². The van der Waals surface area contributed by atoms with Crippen molar-refractivity contribution in [3.8, 4) is 0 Å². The summed E-state index contributed by atoms with van der Waals surface area (Å²) in [5.74, 6) is 0. The molecule has 0 aliphatic rings. The van der Waals surface area contributed by atoms with E-state index in [2.05, 4.69) is 31.1 Å². The van der Waals surface area contributed by atoms with E-state index in [1.54, 1.807) is 6.07 Å². The Bertz CT molecular complexity index is 482. The van der Waals surface area contributed by atoms with Crippen LogP contribution in [-0.4, -0.2) is 20.4 Å². The van der Waals surface area contributed by atoms with Gasteiger partial charge in [0.05, 0.1) is 11.6 Å². The van der Waals surface area contributed by atoms with Crippen LogP contribution in [0.15, 0.2) is 16.9 Å². The van der Waals surface area contributed by atoms with Crippen LogP contribution in [-0.2, 0) is 0 Å². The van der Waals surface area contributed by atoms with Gasteiger partial charge in [-0.1, -0.05) is 0 Å². The second-order valence-corrected chi connectivity index (χ2v) is 3.55.